The summed E-state index contributed by atoms with van der Waals surface area (Å²) >= 11 is 0. The van der Waals surface area contributed by atoms with Crippen molar-refractivity contribution in [1.29, 1.82) is 0 Å². The zero-order valence-corrected chi connectivity index (χ0v) is 13.1. The summed E-state index contributed by atoms with van der Waals surface area (Å²) in [6.45, 7) is 4.01. The fourth-order valence-electron chi connectivity index (χ4n) is 2.98. The van der Waals surface area contributed by atoms with E-state index in [1.54, 1.807) is 12.1 Å². The second kappa shape index (κ2) is 5.72. The van der Waals surface area contributed by atoms with Crippen LogP contribution in [0.2, 0.25) is 0 Å². The number of carbonyl (C=O) groups excluding carboxylic acids is 1. The number of carbonyl (C=O) groups is 1. The van der Waals surface area contributed by atoms with Crippen LogP contribution in [0.5, 0.6) is 0 Å². The zero-order chi connectivity index (χ0) is 16.6. The van der Waals surface area contributed by atoms with Gasteiger partial charge in [-0.15, -0.1) is 0 Å². The van der Waals surface area contributed by atoms with Gasteiger partial charge in [-0.25, -0.2) is 0 Å². The number of H-pyrrole nitrogens is 1. The topological polar surface area (TPSA) is 75.9 Å². The highest BCUT2D eigenvalue weighted by atomic mass is 16.1. The van der Waals surface area contributed by atoms with Gasteiger partial charge in [-0.2, -0.15) is 0 Å². The molecular formula is C19H18N2O2. The van der Waals surface area contributed by atoms with Gasteiger partial charge in [0.25, 0.3) is 5.56 Å². The Morgan fingerprint density at radius 2 is 1.83 bits per heavy atom. The van der Waals surface area contributed by atoms with Crippen LogP contribution in [-0.2, 0) is 6.42 Å². The lowest BCUT2D eigenvalue weighted by Crippen LogP contribution is -2.17. The SMILES string of the molecule is Cc1cc(C)c2[nH]c(=O)c(Cc3ccccc3C(N)=O)cc2c1. The molecule has 1 amide bonds. The molecule has 0 spiro atoms. The fraction of sp³-hybridized carbons (Fsp3) is 0.158. The van der Waals surface area contributed by atoms with E-state index in [2.05, 4.69) is 4.98 Å². The Labute approximate surface area is 134 Å². The van der Waals surface area contributed by atoms with Crippen molar-refractivity contribution in [2.75, 3.05) is 0 Å². The molecule has 0 atom stereocenters. The lowest BCUT2D eigenvalue weighted by molar-refractivity contribution is 0.0999. The number of primary amides is 1. The summed E-state index contributed by atoms with van der Waals surface area (Å²) in [5.41, 5.74) is 10.1. The van der Waals surface area contributed by atoms with Gasteiger partial charge in [0.05, 0.1) is 5.52 Å². The number of nitrogens with two attached hydrogens (primary N) is 1. The minimum absolute atomic E-state index is 0.135. The molecular weight excluding hydrogens is 288 g/mol. The van der Waals surface area contributed by atoms with Gasteiger partial charge in [-0.1, -0.05) is 29.8 Å². The van der Waals surface area contributed by atoms with Gasteiger partial charge in [-0.3, -0.25) is 9.59 Å². The molecule has 0 saturated heterocycles. The van der Waals surface area contributed by atoms with Crippen LogP contribution in [0.4, 0.5) is 0 Å². The fourth-order valence-corrected chi connectivity index (χ4v) is 2.98. The highest BCUT2D eigenvalue weighted by molar-refractivity contribution is 5.94. The van der Waals surface area contributed by atoms with Gasteiger partial charge >= 0.3 is 0 Å². The molecule has 0 aliphatic heterocycles. The van der Waals surface area contributed by atoms with E-state index in [9.17, 15) is 9.59 Å². The molecule has 1 aromatic heterocycles. The number of aryl methyl sites for hydroxylation is 2. The van der Waals surface area contributed by atoms with Crippen LogP contribution in [0, 0.1) is 13.8 Å². The predicted octanol–water partition coefficient (Wildman–Crippen LogP) is 2.83. The van der Waals surface area contributed by atoms with E-state index in [-0.39, 0.29) is 5.56 Å². The lowest BCUT2D eigenvalue weighted by atomic mass is 9.98. The van der Waals surface area contributed by atoms with E-state index in [1.807, 2.05) is 44.2 Å². The highest BCUT2D eigenvalue weighted by Crippen LogP contribution is 2.20. The van der Waals surface area contributed by atoms with Crippen molar-refractivity contribution in [1.82, 2.24) is 4.98 Å². The summed E-state index contributed by atoms with van der Waals surface area (Å²) in [7, 11) is 0. The van der Waals surface area contributed by atoms with Crippen LogP contribution in [0.3, 0.4) is 0 Å². The monoisotopic (exact) mass is 306 g/mol. The van der Waals surface area contributed by atoms with E-state index in [0.717, 1.165) is 27.6 Å². The first-order valence-electron chi connectivity index (χ1n) is 7.46. The maximum atomic E-state index is 12.4. The largest absolute Gasteiger partial charge is 0.366 e. The molecule has 4 nitrogen and oxygen atoms in total. The number of pyridine rings is 1. The summed E-state index contributed by atoms with van der Waals surface area (Å²) in [5.74, 6) is -0.482. The van der Waals surface area contributed by atoms with Gasteiger partial charge in [-0.05, 0) is 48.6 Å². The number of hydrogen-bond donors (Lipinski definition) is 2. The third-order valence-corrected chi connectivity index (χ3v) is 4.03. The van der Waals surface area contributed by atoms with Crippen molar-refractivity contribution in [3.05, 3.63) is 80.6 Å². The highest BCUT2D eigenvalue weighted by Gasteiger charge is 2.11. The van der Waals surface area contributed by atoms with Gasteiger partial charge in [0, 0.05) is 17.5 Å². The Morgan fingerprint density at radius 3 is 2.57 bits per heavy atom. The molecule has 0 radical (unpaired) electrons. The van der Waals surface area contributed by atoms with E-state index < -0.39 is 5.91 Å². The summed E-state index contributed by atoms with van der Waals surface area (Å²) in [5, 5.41) is 0.994. The average molecular weight is 306 g/mol. The number of fused-ring (bicyclic) bond motifs is 1. The average Bonchev–Trinajstić information content (AvgIpc) is 2.49. The van der Waals surface area contributed by atoms with Crippen LogP contribution in [0.15, 0.2) is 47.3 Å². The molecule has 0 aliphatic carbocycles. The predicted molar refractivity (Wildman–Crippen MR) is 91.8 cm³/mol. The maximum absolute atomic E-state index is 12.4. The summed E-state index contributed by atoms with van der Waals surface area (Å²) in [4.78, 5) is 26.9. The van der Waals surface area contributed by atoms with Gasteiger partial charge in [0.2, 0.25) is 5.91 Å². The molecule has 116 valence electrons. The normalized spacial score (nSPS) is 10.9. The van der Waals surface area contributed by atoms with Crippen LogP contribution in [-0.4, -0.2) is 10.9 Å². The van der Waals surface area contributed by atoms with E-state index in [1.165, 1.54) is 0 Å². The van der Waals surface area contributed by atoms with Crippen LogP contribution < -0.4 is 11.3 Å². The number of aromatic amines is 1. The van der Waals surface area contributed by atoms with Crippen molar-refractivity contribution in [2.24, 2.45) is 5.73 Å². The lowest BCUT2D eigenvalue weighted by Gasteiger charge is -2.09. The van der Waals surface area contributed by atoms with Crippen LogP contribution in [0.25, 0.3) is 10.9 Å². The van der Waals surface area contributed by atoms with Crippen LogP contribution in [0.1, 0.15) is 32.6 Å². The number of amides is 1. The molecule has 0 unspecified atom stereocenters. The first-order valence-corrected chi connectivity index (χ1v) is 7.46. The van der Waals surface area contributed by atoms with Gasteiger partial charge < -0.3 is 10.7 Å². The van der Waals surface area contributed by atoms with Crippen LogP contribution >= 0.6 is 0 Å². The van der Waals surface area contributed by atoms with Crippen molar-refractivity contribution in [3.8, 4) is 0 Å². The van der Waals surface area contributed by atoms with Crippen molar-refractivity contribution in [3.63, 3.8) is 0 Å². The molecule has 0 saturated carbocycles. The first-order chi connectivity index (χ1) is 11.0. The molecule has 3 aromatic rings. The number of benzene rings is 2. The van der Waals surface area contributed by atoms with E-state index in [4.69, 9.17) is 5.73 Å². The third-order valence-electron chi connectivity index (χ3n) is 4.03. The molecule has 1 heterocycles. The minimum Gasteiger partial charge on any atom is -0.366 e. The summed E-state index contributed by atoms with van der Waals surface area (Å²) < 4.78 is 0. The number of aromatic nitrogens is 1. The zero-order valence-electron chi connectivity index (χ0n) is 13.1. The molecule has 0 fully saturated rings. The first kappa shape index (κ1) is 15.0. The number of hydrogen-bond acceptors (Lipinski definition) is 2. The van der Waals surface area contributed by atoms with Crippen molar-refractivity contribution >= 4 is 16.8 Å². The molecule has 3 rings (SSSR count). The van der Waals surface area contributed by atoms with Crippen molar-refractivity contribution < 1.29 is 4.79 Å². The Hall–Kier alpha value is -2.88. The molecule has 0 bridgehead atoms. The standard InChI is InChI=1S/C19H18N2O2/c1-11-7-12(2)17-14(8-11)10-15(19(23)21-17)9-13-5-3-4-6-16(13)18(20)22/h3-8,10H,9H2,1-2H3,(H2,20,22)(H,21,23). The smallest absolute Gasteiger partial charge is 0.251 e. The Balaban J connectivity index is 2.13. The van der Waals surface area contributed by atoms with Gasteiger partial charge in [0.1, 0.15) is 0 Å². The van der Waals surface area contributed by atoms with E-state index in [0.29, 0.717) is 17.5 Å². The van der Waals surface area contributed by atoms with Gasteiger partial charge in [0.15, 0.2) is 0 Å². The Bertz CT molecular complexity index is 971. The maximum Gasteiger partial charge on any atom is 0.251 e. The second-order valence-electron chi connectivity index (χ2n) is 5.87. The Kier molecular flexibility index (Phi) is 3.74. The molecule has 2 aromatic carbocycles. The third kappa shape index (κ3) is 2.88. The summed E-state index contributed by atoms with van der Waals surface area (Å²) in [6.07, 6.45) is 0.372. The molecule has 0 aliphatic rings. The molecule has 23 heavy (non-hydrogen) atoms. The van der Waals surface area contributed by atoms with Crippen molar-refractivity contribution in [2.45, 2.75) is 20.3 Å². The summed E-state index contributed by atoms with van der Waals surface area (Å²) in [6, 6.07) is 13.1. The minimum atomic E-state index is -0.482. The quantitative estimate of drug-likeness (QED) is 0.780. The molecule has 3 N–H and O–H groups in total. The Morgan fingerprint density at radius 1 is 1.09 bits per heavy atom. The number of rotatable bonds is 3. The molecule has 4 heteroatoms. The van der Waals surface area contributed by atoms with E-state index >= 15 is 0 Å². The number of nitrogens with one attached hydrogen (secondary N) is 1. The second-order valence-corrected chi connectivity index (χ2v) is 5.87.